The third-order valence-corrected chi connectivity index (χ3v) is 4.50. The van der Waals surface area contributed by atoms with E-state index in [-0.39, 0.29) is 11.8 Å². The van der Waals surface area contributed by atoms with Gasteiger partial charge in [0.25, 0.3) is 11.8 Å². The van der Waals surface area contributed by atoms with Crippen LogP contribution in [0.25, 0.3) is 0 Å². The number of rotatable bonds is 3. The molecule has 0 spiro atoms. The Labute approximate surface area is 155 Å². The lowest BCUT2D eigenvalue weighted by Gasteiger charge is -2.27. The van der Waals surface area contributed by atoms with Crippen LogP contribution in [-0.4, -0.2) is 43.0 Å². The highest BCUT2D eigenvalue weighted by Gasteiger charge is 2.20. The van der Waals surface area contributed by atoms with Crippen LogP contribution in [0.5, 0.6) is 0 Å². The molecule has 0 unspecified atom stereocenters. The van der Waals surface area contributed by atoms with Crippen molar-refractivity contribution in [3.8, 4) is 0 Å². The van der Waals surface area contributed by atoms with Crippen LogP contribution in [0.4, 0.5) is 5.69 Å². The minimum atomic E-state index is -0.383. The molecule has 7 heteroatoms. The lowest BCUT2D eigenvalue weighted by molar-refractivity contribution is 0.0303. The van der Waals surface area contributed by atoms with E-state index in [1.807, 2.05) is 0 Å². The summed E-state index contributed by atoms with van der Waals surface area (Å²) in [5, 5.41) is 3.39. The third-order valence-electron chi connectivity index (χ3n) is 3.87. The van der Waals surface area contributed by atoms with E-state index in [1.165, 1.54) is 0 Å². The second-order valence-electron chi connectivity index (χ2n) is 5.54. The van der Waals surface area contributed by atoms with Gasteiger partial charge in [-0.05, 0) is 30.3 Å². The van der Waals surface area contributed by atoms with Gasteiger partial charge in [-0.3, -0.25) is 9.59 Å². The predicted octanol–water partition coefficient (Wildman–Crippen LogP) is 3.72. The van der Waals surface area contributed by atoms with Crippen molar-refractivity contribution >= 4 is 40.7 Å². The Hall–Kier alpha value is -2.08. The number of halogens is 2. The van der Waals surface area contributed by atoms with Crippen LogP contribution in [0.2, 0.25) is 10.0 Å². The number of ether oxygens (including phenoxy) is 1. The maximum atomic E-state index is 12.5. The second kappa shape index (κ2) is 7.87. The van der Waals surface area contributed by atoms with Crippen molar-refractivity contribution in [2.75, 3.05) is 31.6 Å². The molecule has 2 amide bonds. The minimum Gasteiger partial charge on any atom is -0.378 e. The molecule has 0 aromatic heterocycles. The van der Waals surface area contributed by atoms with Crippen molar-refractivity contribution in [1.29, 1.82) is 0 Å². The maximum Gasteiger partial charge on any atom is 0.255 e. The van der Waals surface area contributed by atoms with Crippen LogP contribution in [0.15, 0.2) is 42.5 Å². The Bertz CT molecular complexity index is 784. The number of nitrogens with one attached hydrogen (secondary N) is 1. The van der Waals surface area contributed by atoms with E-state index in [1.54, 1.807) is 47.4 Å². The highest BCUT2D eigenvalue weighted by molar-refractivity contribution is 6.40. The van der Waals surface area contributed by atoms with E-state index in [0.29, 0.717) is 53.2 Å². The standard InChI is InChI=1S/C18H16Cl2N2O3/c19-14-5-2-6-15(20)16(14)21-17(23)12-3-1-4-13(11-12)18(24)22-7-9-25-10-8-22/h1-6,11H,7-10H2,(H,21,23). The number of nitrogens with zero attached hydrogens (tertiary/aromatic N) is 1. The first kappa shape index (κ1) is 17.7. The summed E-state index contributed by atoms with van der Waals surface area (Å²) >= 11 is 12.1. The third kappa shape index (κ3) is 4.12. The number of carbonyl (C=O) groups is 2. The molecule has 1 aliphatic heterocycles. The average Bonchev–Trinajstić information content (AvgIpc) is 2.65. The summed E-state index contributed by atoms with van der Waals surface area (Å²) in [6.07, 6.45) is 0. The molecule has 1 heterocycles. The summed E-state index contributed by atoms with van der Waals surface area (Å²) in [6.45, 7) is 2.14. The molecule has 1 aliphatic rings. The number of para-hydroxylation sites is 1. The molecule has 0 atom stereocenters. The molecule has 1 fully saturated rings. The first-order chi connectivity index (χ1) is 12.1. The van der Waals surface area contributed by atoms with Gasteiger partial charge in [0.2, 0.25) is 0 Å². The van der Waals surface area contributed by atoms with Gasteiger partial charge in [-0.1, -0.05) is 35.3 Å². The Morgan fingerprint density at radius 3 is 2.24 bits per heavy atom. The van der Waals surface area contributed by atoms with Crippen LogP contribution in [0.3, 0.4) is 0 Å². The highest BCUT2D eigenvalue weighted by atomic mass is 35.5. The smallest absolute Gasteiger partial charge is 0.255 e. The van der Waals surface area contributed by atoms with Gasteiger partial charge < -0.3 is 15.0 Å². The quantitative estimate of drug-likeness (QED) is 0.885. The first-order valence-electron chi connectivity index (χ1n) is 7.79. The van der Waals surface area contributed by atoms with Gasteiger partial charge in [0.15, 0.2) is 0 Å². The Kier molecular flexibility index (Phi) is 5.58. The maximum absolute atomic E-state index is 12.5. The molecule has 0 aliphatic carbocycles. The highest BCUT2D eigenvalue weighted by Crippen LogP contribution is 2.30. The van der Waals surface area contributed by atoms with Crippen LogP contribution < -0.4 is 5.32 Å². The molecule has 1 saturated heterocycles. The fourth-order valence-corrected chi connectivity index (χ4v) is 3.04. The number of hydrogen-bond donors (Lipinski definition) is 1. The molecule has 0 radical (unpaired) electrons. The molecule has 0 bridgehead atoms. The molecule has 1 N–H and O–H groups in total. The minimum absolute atomic E-state index is 0.117. The van der Waals surface area contributed by atoms with Crippen LogP contribution in [-0.2, 0) is 4.74 Å². The van der Waals surface area contributed by atoms with Gasteiger partial charge in [0.1, 0.15) is 0 Å². The second-order valence-corrected chi connectivity index (χ2v) is 6.35. The number of benzene rings is 2. The number of hydrogen-bond acceptors (Lipinski definition) is 3. The van der Waals surface area contributed by atoms with Crippen LogP contribution >= 0.6 is 23.2 Å². The molecule has 0 saturated carbocycles. The zero-order chi connectivity index (χ0) is 17.8. The molecule has 2 aromatic carbocycles. The van der Waals surface area contributed by atoms with Crippen molar-refractivity contribution in [3.63, 3.8) is 0 Å². The van der Waals surface area contributed by atoms with Gasteiger partial charge in [-0.25, -0.2) is 0 Å². The largest absolute Gasteiger partial charge is 0.378 e. The van der Waals surface area contributed by atoms with Crippen molar-refractivity contribution in [2.24, 2.45) is 0 Å². The lowest BCUT2D eigenvalue weighted by Crippen LogP contribution is -2.40. The molecule has 3 rings (SSSR count). The van der Waals surface area contributed by atoms with Crippen LogP contribution in [0.1, 0.15) is 20.7 Å². The summed E-state index contributed by atoms with van der Waals surface area (Å²) in [4.78, 5) is 26.7. The van der Waals surface area contributed by atoms with Crippen molar-refractivity contribution in [1.82, 2.24) is 4.90 Å². The molecule has 25 heavy (non-hydrogen) atoms. The molecule has 130 valence electrons. The zero-order valence-corrected chi connectivity index (χ0v) is 14.8. The lowest BCUT2D eigenvalue weighted by atomic mass is 10.1. The van der Waals surface area contributed by atoms with Gasteiger partial charge in [0, 0.05) is 24.2 Å². The van der Waals surface area contributed by atoms with Crippen molar-refractivity contribution in [2.45, 2.75) is 0 Å². The van der Waals surface area contributed by atoms with E-state index in [9.17, 15) is 9.59 Å². The Balaban J connectivity index is 1.78. The fourth-order valence-electron chi connectivity index (χ4n) is 2.55. The Morgan fingerprint density at radius 1 is 0.960 bits per heavy atom. The van der Waals surface area contributed by atoms with E-state index in [4.69, 9.17) is 27.9 Å². The summed E-state index contributed by atoms with van der Waals surface area (Å²) in [7, 11) is 0. The normalized spacial score (nSPS) is 14.2. The van der Waals surface area contributed by atoms with Gasteiger partial charge in [-0.2, -0.15) is 0 Å². The number of anilines is 1. The number of carbonyl (C=O) groups excluding carboxylic acids is 2. The molecular formula is C18H16Cl2N2O3. The summed E-state index contributed by atoms with van der Waals surface area (Å²) in [5.74, 6) is -0.500. The van der Waals surface area contributed by atoms with Gasteiger partial charge in [0.05, 0.1) is 28.9 Å². The van der Waals surface area contributed by atoms with Gasteiger partial charge in [-0.15, -0.1) is 0 Å². The Morgan fingerprint density at radius 2 is 1.56 bits per heavy atom. The van der Waals surface area contributed by atoms with E-state index in [2.05, 4.69) is 5.32 Å². The fraction of sp³-hybridized carbons (Fsp3) is 0.222. The topological polar surface area (TPSA) is 58.6 Å². The zero-order valence-electron chi connectivity index (χ0n) is 13.3. The summed E-state index contributed by atoms with van der Waals surface area (Å²) in [6, 6.07) is 11.5. The van der Waals surface area contributed by atoms with E-state index in [0.717, 1.165) is 0 Å². The van der Waals surface area contributed by atoms with E-state index < -0.39 is 0 Å². The van der Waals surface area contributed by atoms with Crippen molar-refractivity contribution < 1.29 is 14.3 Å². The molecule has 5 nitrogen and oxygen atoms in total. The number of amides is 2. The predicted molar refractivity (Wildman–Crippen MR) is 97.6 cm³/mol. The molecular weight excluding hydrogens is 363 g/mol. The molecule has 2 aromatic rings. The monoisotopic (exact) mass is 378 g/mol. The van der Waals surface area contributed by atoms with E-state index >= 15 is 0 Å². The SMILES string of the molecule is O=C(Nc1c(Cl)cccc1Cl)c1cccc(C(=O)N2CCOCC2)c1. The average molecular weight is 379 g/mol. The summed E-state index contributed by atoms with van der Waals surface area (Å²) in [5.41, 5.74) is 1.16. The van der Waals surface area contributed by atoms with Gasteiger partial charge >= 0.3 is 0 Å². The van der Waals surface area contributed by atoms with Crippen LogP contribution in [0, 0.1) is 0 Å². The van der Waals surface area contributed by atoms with Crippen molar-refractivity contribution in [3.05, 3.63) is 63.6 Å². The summed E-state index contributed by atoms with van der Waals surface area (Å²) < 4.78 is 5.25. The first-order valence-corrected chi connectivity index (χ1v) is 8.54. The number of morpholine rings is 1.